The van der Waals surface area contributed by atoms with Gasteiger partial charge in [0, 0.05) is 38.6 Å². The third-order valence-electron chi connectivity index (χ3n) is 5.87. The van der Waals surface area contributed by atoms with Gasteiger partial charge in [-0.3, -0.25) is 9.80 Å². The fourth-order valence-electron chi connectivity index (χ4n) is 4.35. The molecule has 2 heterocycles. The highest BCUT2D eigenvalue weighted by atomic mass is 16.5. The van der Waals surface area contributed by atoms with Crippen molar-refractivity contribution in [3.05, 3.63) is 64.7 Å². The number of piperazine rings is 1. The Bertz CT molecular complexity index is 771. The molecule has 0 bridgehead atoms. The van der Waals surface area contributed by atoms with E-state index < -0.39 is 0 Å². The molecular weight excluding hydrogens is 320 g/mol. The minimum absolute atomic E-state index is 0.472. The average molecular weight is 351 g/mol. The smallest absolute Gasteiger partial charge is 0.122 e. The van der Waals surface area contributed by atoms with Crippen LogP contribution in [-0.2, 0) is 13.0 Å². The van der Waals surface area contributed by atoms with Gasteiger partial charge in [-0.05, 0) is 41.3 Å². The molecule has 0 aliphatic carbocycles. The van der Waals surface area contributed by atoms with E-state index in [2.05, 4.69) is 73.2 Å². The van der Waals surface area contributed by atoms with E-state index in [0.717, 1.165) is 45.0 Å². The first-order valence-electron chi connectivity index (χ1n) is 9.88. The van der Waals surface area contributed by atoms with Gasteiger partial charge in [0.05, 0.1) is 6.61 Å². The largest absolute Gasteiger partial charge is 0.493 e. The van der Waals surface area contributed by atoms with Crippen LogP contribution in [0.3, 0.4) is 0 Å². The molecule has 138 valence electrons. The molecule has 26 heavy (non-hydrogen) atoms. The Morgan fingerprint density at radius 3 is 2.81 bits per heavy atom. The van der Waals surface area contributed by atoms with Gasteiger partial charge in [-0.15, -0.1) is 0 Å². The fraction of sp³-hybridized carbons (Fsp3) is 0.478. The van der Waals surface area contributed by atoms with Crippen molar-refractivity contribution >= 4 is 0 Å². The maximum Gasteiger partial charge on any atom is 0.122 e. The zero-order chi connectivity index (χ0) is 18.1. The molecule has 2 aliphatic heterocycles. The van der Waals surface area contributed by atoms with Gasteiger partial charge in [-0.1, -0.05) is 50.2 Å². The second-order valence-electron chi connectivity index (χ2n) is 8.06. The summed E-state index contributed by atoms with van der Waals surface area (Å²) >= 11 is 0. The van der Waals surface area contributed by atoms with E-state index in [1.165, 1.54) is 22.3 Å². The number of hydrogen-bond acceptors (Lipinski definition) is 3. The number of fused-ring (bicyclic) bond motifs is 1. The molecule has 3 heteroatoms. The van der Waals surface area contributed by atoms with Crippen molar-refractivity contribution in [2.24, 2.45) is 0 Å². The Labute approximate surface area is 157 Å². The van der Waals surface area contributed by atoms with Crippen LogP contribution in [0, 0.1) is 0 Å². The van der Waals surface area contributed by atoms with Gasteiger partial charge in [0.2, 0.25) is 0 Å². The van der Waals surface area contributed by atoms with Crippen LogP contribution in [0.5, 0.6) is 5.75 Å². The van der Waals surface area contributed by atoms with Crippen molar-refractivity contribution in [3.8, 4) is 5.75 Å². The minimum atomic E-state index is 0.472. The zero-order valence-corrected chi connectivity index (χ0v) is 16.2. The lowest BCUT2D eigenvalue weighted by Crippen LogP contribution is -2.46. The number of likely N-dealkylation sites (N-methyl/N-ethyl adjacent to an activating group) is 1. The molecule has 4 rings (SSSR count). The maximum absolute atomic E-state index is 5.65. The van der Waals surface area contributed by atoms with Crippen molar-refractivity contribution < 1.29 is 4.74 Å². The molecule has 0 aromatic heterocycles. The molecule has 1 atom stereocenters. The van der Waals surface area contributed by atoms with Crippen LogP contribution in [0.1, 0.15) is 48.1 Å². The van der Waals surface area contributed by atoms with E-state index >= 15 is 0 Å². The van der Waals surface area contributed by atoms with Gasteiger partial charge in [0.15, 0.2) is 0 Å². The van der Waals surface area contributed by atoms with E-state index in [0.29, 0.717) is 12.0 Å². The summed E-state index contributed by atoms with van der Waals surface area (Å²) in [5.41, 5.74) is 5.77. The fourth-order valence-corrected chi connectivity index (χ4v) is 4.35. The molecule has 1 fully saturated rings. The predicted octanol–water partition coefficient (Wildman–Crippen LogP) is 4.23. The zero-order valence-electron chi connectivity index (χ0n) is 16.2. The van der Waals surface area contributed by atoms with E-state index in [4.69, 9.17) is 4.74 Å². The topological polar surface area (TPSA) is 15.7 Å². The first kappa shape index (κ1) is 17.6. The first-order valence-corrected chi connectivity index (χ1v) is 9.88. The van der Waals surface area contributed by atoms with Crippen LogP contribution >= 0.6 is 0 Å². The normalized spacial score (nSPS) is 21.0. The molecule has 0 N–H and O–H groups in total. The maximum atomic E-state index is 5.65. The summed E-state index contributed by atoms with van der Waals surface area (Å²) in [6, 6.07) is 16.2. The third kappa shape index (κ3) is 3.51. The number of nitrogens with zero attached hydrogens (tertiary/aromatic N) is 2. The second kappa shape index (κ2) is 7.42. The number of hydrogen-bond donors (Lipinski definition) is 0. The lowest BCUT2D eigenvalue weighted by Gasteiger charge is -2.40. The van der Waals surface area contributed by atoms with E-state index in [1.807, 2.05) is 0 Å². The number of ether oxygens (including phenoxy) is 1. The standard InChI is InChI=1S/C23H30N2O/c1-17(2)20-6-4-5-7-21(20)22-16-25(12-11-24(22)3)15-18-8-9-23-19(14-18)10-13-26-23/h4-9,14,17,22H,10-13,15-16H2,1-3H3. The average Bonchev–Trinajstić information content (AvgIpc) is 3.11. The van der Waals surface area contributed by atoms with Gasteiger partial charge in [0.25, 0.3) is 0 Å². The summed E-state index contributed by atoms with van der Waals surface area (Å²) in [6.07, 6.45) is 1.05. The third-order valence-corrected chi connectivity index (χ3v) is 5.87. The van der Waals surface area contributed by atoms with Crippen molar-refractivity contribution in [3.63, 3.8) is 0 Å². The van der Waals surface area contributed by atoms with Crippen LogP contribution in [-0.4, -0.2) is 43.1 Å². The van der Waals surface area contributed by atoms with Crippen LogP contribution in [0.15, 0.2) is 42.5 Å². The van der Waals surface area contributed by atoms with Crippen molar-refractivity contribution in [1.29, 1.82) is 0 Å². The molecule has 1 unspecified atom stereocenters. The Kier molecular flexibility index (Phi) is 5.01. The predicted molar refractivity (Wildman–Crippen MR) is 107 cm³/mol. The molecule has 0 amide bonds. The van der Waals surface area contributed by atoms with Gasteiger partial charge < -0.3 is 4.74 Å². The summed E-state index contributed by atoms with van der Waals surface area (Å²) in [6.45, 7) is 9.80. The number of benzene rings is 2. The minimum Gasteiger partial charge on any atom is -0.493 e. The van der Waals surface area contributed by atoms with Gasteiger partial charge in [-0.2, -0.15) is 0 Å². The van der Waals surface area contributed by atoms with Crippen molar-refractivity contribution in [2.45, 2.75) is 38.8 Å². The second-order valence-corrected chi connectivity index (χ2v) is 8.06. The molecule has 3 nitrogen and oxygen atoms in total. The first-order chi connectivity index (χ1) is 12.6. The lowest BCUT2D eigenvalue weighted by atomic mass is 9.91. The van der Waals surface area contributed by atoms with Gasteiger partial charge >= 0.3 is 0 Å². The Hall–Kier alpha value is -1.84. The summed E-state index contributed by atoms with van der Waals surface area (Å²) in [5, 5.41) is 0. The number of rotatable bonds is 4. The Morgan fingerprint density at radius 2 is 1.96 bits per heavy atom. The van der Waals surface area contributed by atoms with E-state index in [1.54, 1.807) is 0 Å². The Morgan fingerprint density at radius 1 is 1.12 bits per heavy atom. The molecule has 2 aromatic rings. The lowest BCUT2D eigenvalue weighted by molar-refractivity contribution is 0.0899. The van der Waals surface area contributed by atoms with Crippen molar-refractivity contribution in [2.75, 3.05) is 33.3 Å². The SMILES string of the molecule is CC(C)c1ccccc1C1CN(Cc2ccc3c(c2)CCO3)CCN1C. The molecule has 1 saturated heterocycles. The monoisotopic (exact) mass is 350 g/mol. The van der Waals surface area contributed by atoms with Gasteiger partial charge in [0.1, 0.15) is 5.75 Å². The quantitative estimate of drug-likeness (QED) is 0.820. The summed E-state index contributed by atoms with van der Waals surface area (Å²) in [7, 11) is 2.27. The molecule has 2 aliphatic rings. The molecule has 0 radical (unpaired) electrons. The van der Waals surface area contributed by atoms with Crippen LogP contribution < -0.4 is 4.74 Å². The van der Waals surface area contributed by atoms with Crippen molar-refractivity contribution in [1.82, 2.24) is 9.80 Å². The highest BCUT2D eigenvalue weighted by Crippen LogP contribution is 2.32. The van der Waals surface area contributed by atoms with Gasteiger partial charge in [-0.25, -0.2) is 0 Å². The van der Waals surface area contributed by atoms with E-state index in [-0.39, 0.29) is 0 Å². The highest BCUT2D eigenvalue weighted by Gasteiger charge is 2.28. The Balaban J connectivity index is 1.52. The van der Waals surface area contributed by atoms with Crippen LogP contribution in [0.2, 0.25) is 0 Å². The van der Waals surface area contributed by atoms with Crippen LogP contribution in [0.25, 0.3) is 0 Å². The summed E-state index contributed by atoms with van der Waals surface area (Å²) < 4.78 is 5.65. The molecule has 2 aromatic carbocycles. The summed E-state index contributed by atoms with van der Waals surface area (Å²) in [4.78, 5) is 5.13. The highest BCUT2D eigenvalue weighted by molar-refractivity contribution is 5.40. The molecular formula is C23H30N2O. The molecule has 0 spiro atoms. The summed E-state index contributed by atoms with van der Waals surface area (Å²) in [5.74, 6) is 1.64. The van der Waals surface area contributed by atoms with E-state index in [9.17, 15) is 0 Å². The molecule has 0 saturated carbocycles. The van der Waals surface area contributed by atoms with Crippen LogP contribution in [0.4, 0.5) is 0 Å².